The van der Waals surface area contributed by atoms with Crippen molar-refractivity contribution in [2.45, 2.75) is 26.2 Å². The Balaban J connectivity index is 2.12. The number of hydrogen-bond donors (Lipinski definition) is 0. The van der Waals surface area contributed by atoms with Crippen molar-refractivity contribution in [3.63, 3.8) is 0 Å². The summed E-state index contributed by atoms with van der Waals surface area (Å²) in [4.78, 5) is 1.17. The molecule has 1 aromatic rings. The molecule has 0 spiro atoms. The molecule has 0 N–H and O–H groups in total. The van der Waals surface area contributed by atoms with Crippen LogP contribution in [0.3, 0.4) is 0 Å². The third kappa shape index (κ3) is 1.93. The van der Waals surface area contributed by atoms with Gasteiger partial charge < -0.3 is 0 Å². The molecule has 1 aliphatic carbocycles. The van der Waals surface area contributed by atoms with Crippen molar-refractivity contribution in [3.05, 3.63) is 41.0 Å². The van der Waals surface area contributed by atoms with E-state index in [1.54, 1.807) is 0 Å². The number of hydrogen-bond acceptors (Lipinski definition) is 1. The maximum absolute atomic E-state index is 5.26. The Hall–Kier alpha value is -0.950. The topological polar surface area (TPSA) is 0 Å². The summed E-state index contributed by atoms with van der Waals surface area (Å²) in [6.07, 6.45) is 5.40. The first kappa shape index (κ1) is 9.60. The second kappa shape index (κ2) is 4.05. The second-order valence-corrected chi connectivity index (χ2v) is 4.32. The van der Waals surface area contributed by atoms with E-state index in [9.17, 15) is 0 Å². The van der Waals surface area contributed by atoms with Crippen LogP contribution < -0.4 is 0 Å². The van der Waals surface area contributed by atoms with Crippen LogP contribution in [0.2, 0.25) is 0 Å². The van der Waals surface area contributed by atoms with E-state index < -0.39 is 0 Å². The summed E-state index contributed by atoms with van der Waals surface area (Å²) in [5.41, 5.74) is 4.29. The summed E-state index contributed by atoms with van der Waals surface area (Å²) in [7, 11) is 0. The molecule has 0 saturated heterocycles. The Morgan fingerprint density at radius 2 is 2.14 bits per heavy atom. The van der Waals surface area contributed by atoms with Gasteiger partial charge in [-0.25, -0.2) is 0 Å². The number of benzene rings is 1. The molecule has 1 aromatic carbocycles. The SMILES string of the molecule is CCC(=S)CC1=Cc2ccccc2C1. The van der Waals surface area contributed by atoms with Gasteiger partial charge in [0.1, 0.15) is 0 Å². The van der Waals surface area contributed by atoms with Gasteiger partial charge in [0.15, 0.2) is 0 Å². The fourth-order valence-corrected chi connectivity index (χ4v) is 2.03. The van der Waals surface area contributed by atoms with Gasteiger partial charge in [0.2, 0.25) is 0 Å². The van der Waals surface area contributed by atoms with Gasteiger partial charge in [0, 0.05) is 6.42 Å². The highest BCUT2D eigenvalue weighted by Crippen LogP contribution is 2.26. The van der Waals surface area contributed by atoms with Gasteiger partial charge in [-0.05, 0) is 28.8 Å². The Bertz CT molecular complexity index is 388. The molecule has 0 aliphatic heterocycles. The Labute approximate surface area is 90.6 Å². The molecule has 72 valence electrons. The van der Waals surface area contributed by atoms with Gasteiger partial charge in [0.25, 0.3) is 0 Å². The molecule has 0 unspecified atom stereocenters. The van der Waals surface area contributed by atoms with Gasteiger partial charge >= 0.3 is 0 Å². The summed E-state index contributed by atoms with van der Waals surface area (Å²) >= 11 is 5.26. The smallest absolute Gasteiger partial charge is 0.000343 e. The van der Waals surface area contributed by atoms with Crippen LogP contribution >= 0.6 is 12.2 Å². The first-order chi connectivity index (χ1) is 6.79. The predicted molar refractivity (Wildman–Crippen MR) is 65.6 cm³/mol. The molecule has 0 heterocycles. The lowest BCUT2D eigenvalue weighted by Gasteiger charge is -2.01. The first-order valence-electron chi connectivity index (χ1n) is 5.08. The zero-order valence-electron chi connectivity index (χ0n) is 8.42. The van der Waals surface area contributed by atoms with Crippen LogP contribution in [0.4, 0.5) is 0 Å². The maximum Gasteiger partial charge on any atom is 0.000343 e. The van der Waals surface area contributed by atoms with Gasteiger partial charge in [-0.1, -0.05) is 55.1 Å². The summed E-state index contributed by atoms with van der Waals surface area (Å²) in [5, 5.41) is 0. The number of thiocarbonyl (C=S) groups is 1. The predicted octanol–water partition coefficient (Wildman–Crippen LogP) is 3.80. The van der Waals surface area contributed by atoms with E-state index in [0.29, 0.717) is 0 Å². The highest BCUT2D eigenvalue weighted by atomic mass is 32.1. The van der Waals surface area contributed by atoms with Crippen LogP contribution in [0.25, 0.3) is 6.08 Å². The Kier molecular flexibility index (Phi) is 2.78. The lowest BCUT2D eigenvalue weighted by Crippen LogP contribution is -1.94. The van der Waals surface area contributed by atoms with Crippen LogP contribution in [-0.2, 0) is 6.42 Å². The highest BCUT2D eigenvalue weighted by Gasteiger charge is 2.12. The van der Waals surface area contributed by atoms with Gasteiger partial charge in [-0.3, -0.25) is 0 Å². The van der Waals surface area contributed by atoms with E-state index in [4.69, 9.17) is 12.2 Å². The lowest BCUT2D eigenvalue weighted by molar-refractivity contribution is 1.12. The second-order valence-electron chi connectivity index (χ2n) is 3.75. The third-order valence-corrected chi connectivity index (χ3v) is 3.08. The van der Waals surface area contributed by atoms with Crippen LogP contribution in [0.1, 0.15) is 30.9 Å². The van der Waals surface area contributed by atoms with Crippen LogP contribution in [-0.4, -0.2) is 4.86 Å². The average molecular weight is 202 g/mol. The van der Waals surface area contributed by atoms with Crippen molar-refractivity contribution in [2.75, 3.05) is 0 Å². The molecular weight excluding hydrogens is 188 g/mol. The minimum absolute atomic E-state index is 1.00. The average Bonchev–Trinajstić information content (AvgIpc) is 2.59. The number of rotatable bonds is 3. The van der Waals surface area contributed by atoms with E-state index in [0.717, 1.165) is 19.3 Å². The van der Waals surface area contributed by atoms with Crippen molar-refractivity contribution in [1.82, 2.24) is 0 Å². The highest BCUT2D eigenvalue weighted by molar-refractivity contribution is 7.80. The summed E-state index contributed by atoms with van der Waals surface area (Å²) in [6.45, 7) is 2.13. The van der Waals surface area contributed by atoms with Crippen LogP contribution in [0, 0.1) is 0 Å². The fourth-order valence-electron chi connectivity index (χ4n) is 1.84. The van der Waals surface area contributed by atoms with Gasteiger partial charge in [-0.2, -0.15) is 0 Å². The van der Waals surface area contributed by atoms with E-state index in [1.807, 2.05) is 0 Å². The first-order valence-corrected chi connectivity index (χ1v) is 5.49. The molecule has 0 fully saturated rings. The minimum Gasteiger partial charge on any atom is -0.0893 e. The minimum atomic E-state index is 1.00. The molecule has 0 saturated carbocycles. The molecule has 14 heavy (non-hydrogen) atoms. The molecule has 2 rings (SSSR count). The third-order valence-electron chi connectivity index (χ3n) is 2.65. The van der Waals surface area contributed by atoms with Crippen molar-refractivity contribution in [2.24, 2.45) is 0 Å². The zero-order valence-corrected chi connectivity index (χ0v) is 9.23. The van der Waals surface area contributed by atoms with Crippen molar-refractivity contribution < 1.29 is 0 Å². The monoisotopic (exact) mass is 202 g/mol. The quantitative estimate of drug-likeness (QED) is 0.672. The van der Waals surface area contributed by atoms with Crippen molar-refractivity contribution in [1.29, 1.82) is 0 Å². The fraction of sp³-hybridized carbons (Fsp3) is 0.308. The molecule has 0 aromatic heterocycles. The Morgan fingerprint density at radius 1 is 1.36 bits per heavy atom. The van der Waals surface area contributed by atoms with E-state index in [-0.39, 0.29) is 0 Å². The molecule has 0 amide bonds. The molecule has 0 atom stereocenters. The summed E-state index contributed by atoms with van der Waals surface area (Å²) < 4.78 is 0. The van der Waals surface area contributed by atoms with Gasteiger partial charge in [-0.15, -0.1) is 0 Å². The molecule has 0 radical (unpaired) electrons. The summed E-state index contributed by atoms with van der Waals surface area (Å²) in [5.74, 6) is 0. The standard InChI is InChI=1S/C13H14S/c1-2-13(14)9-10-7-11-5-3-4-6-12(11)8-10/h3-7H,2,8-9H2,1H3. The number of fused-ring (bicyclic) bond motifs is 1. The van der Waals surface area contributed by atoms with E-state index in [2.05, 4.69) is 37.3 Å². The van der Waals surface area contributed by atoms with Gasteiger partial charge in [0.05, 0.1) is 0 Å². The van der Waals surface area contributed by atoms with Crippen molar-refractivity contribution >= 4 is 23.2 Å². The maximum atomic E-state index is 5.26. The molecule has 1 aliphatic rings. The normalized spacial score (nSPS) is 13.6. The zero-order chi connectivity index (χ0) is 9.97. The summed E-state index contributed by atoms with van der Waals surface area (Å²) in [6, 6.07) is 8.58. The van der Waals surface area contributed by atoms with E-state index >= 15 is 0 Å². The molecule has 0 bridgehead atoms. The molecular formula is C13H14S. The number of allylic oxidation sites excluding steroid dienone is 1. The van der Waals surface area contributed by atoms with Crippen LogP contribution in [0.5, 0.6) is 0 Å². The Morgan fingerprint density at radius 3 is 2.86 bits per heavy atom. The van der Waals surface area contributed by atoms with E-state index in [1.165, 1.54) is 21.6 Å². The largest absolute Gasteiger partial charge is 0.0893 e. The lowest BCUT2D eigenvalue weighted by atomic mass is 10.1. The van der Waals surface area contributed by atoms with Crippen LogP contribution in [0.15, 0.2) is 29.8 Å². The molecule has 1 heteroatoms. The molecule has 0 nitrogen and oxygen atoms in total. The van der Waals surface area contributed by atoms with Crippen molar-refractivity contribution in [3.8, 4) is 0 Å².